The first kappa shape index (κ1) is 15.9. The molecular formula is C11H7ClF3N5O2. The van der Waals surface area contributed by atoms with E-state index in [1.807, 2.05) is 0 Å². The van der Waals surface area contributed by atoms with Gasteiger partial charge in [-0.2, -0.15) is 13.2 Å². The van der Waals surface area contributed by atoms with Crippen LogP contribution in [0.2, 0.25) is 5.28 Å². The van der Waals surface area contributed by atoms with Crippen molar-refractivity contribution in [2.24, 2.45) is 0 Å². The SMILES string of the molecule is O=C(O)NCc1cc(-c2cnc(C(F)(F)F)nc2)nc(Cl)n1. The van der Waals surface area contributed by atoms with Crippen molar-refractivity contribution in [3.63, 3.8) is 0 Å². The van der Waals surface area contributed by atoms with Crippen LogP contribution in [0.3, 0.4) is 0 Å². The number of nitrogens with one attached hydrogen (secondary N) is 1. The number of amides is 1. The first-order valence-corrected chi connectivity index (χ1v) is 6.03. The van der Waals surface area contributed by atoms with E-state index in [0.717, 1.165) is 12.4 Å². The van der Waals surface area contributed by atoms with Crippen molar-refractivity contribution in [1.29, 1.82) is 0 Å². The number of nitrogens with zero attached hydrogens (tertiary/aromatic N) is 4. The lowest BCUT2D eigenvalue weighted by atomic mass is 10.2. The van der Waals surface area contributed by atoms with E-state index in [1.54, 1.807) is 0 Å². The summed E-state index contributed by atoms with van der Waals surface area (Å²) in [4.78, 5) is 24.5. The molecule has 0 atom stereocenters. The second kappa shape index (κ2) is 6.10. The van der Waals surface area contributed by atoms with Crippen LogP contribution in [0.4, 0.5) is 18.0 Å². The molecule has 0 bridgehead atoms. The Balaban J connectivity index is 2.30. The molecule has 0 aliphatic heterocycles. The first-order valence-electron chi connectivity index (χ1n) is 5.65. The van der Waals surface area contributed by atoms with Crippen LogP contribution < -0.4 is 5.32 Å². The van der Waals surface area contributed by atoms with Crippen LogP contribution >= 0.6 is 11.6 Å². The van der Waals surface area contributed by atoms with Crippen molar-refractivity contribution in [3.8, 4) is 11.3 Å². The number of hydrogen-bond acceptors (Lipinski definition) is 5. The maximum Gasteiger partial charge on any atom is 0.451 e. The fourth-order valence-electron chi connectivity index (χ4n) is 1.48. The summed E-state index contributed by atoms with van der Waals surface area (Å²) >= 11 is 5.70. The molecule has 2 N–H and O–H groups in total. The average Bonchev–Trinajstić information content (AvgIpc) is 2.44. The number of carbonyl (C=O) groups is 1. The minimum atomic E-state index is -4.64. The third-order valence-corrected chi connectivity index (χ3v) is 2.54. The Hall–Kier alpha value is -2.49. The third kappa shape index (κ3) is 4.01. The summed E-state index contributed by atoms with van der Waals surface area (Å²) in [6.45, 7) is -0.133. The van der Waals surface area contributed by atoms with E-state index < -0.39 is 18.1 Å². The molecule has 2 heterocycles. The number of aromatic nitrogens is 4. The molecule has 11 heteroatoms. The standard InChI is InChI=1S/C11H7ClF3N5O2/c12-9-19-6(4-18-10(21)22)1-7(20-9)5-2-16-8(17-3-5)11(13,14)15/h1-3,18H,4H2,(H,21,22). The lowest BCUT2D eigenvalue weighted by Crippen LogP contribution is -2.20. The number of alkyl halides is 3. The Kier molecular flexibility index (Phi) is 4.40. The molecular weight excluding hydrogens is 327 g/mol. The largest absolute Gasteiger partial charge is 0.465 e. The Bertz CT molecular complexity index is 693. The highest BCUT2D eigenvalue weighted by atomic mass is 35.5. The van der Waals surface area contributed by atoms with Gasteiger partial charge < -0.3 is 10.4 Å². The van der Waals surface area contributed by atoms with Crippen molar-refractivity contribution in [1.82, 2.24) is 25.3 Å². The third-order valence-electron chi connectivity index (χ3n) is 2.37. The van der Waals surface area contributed by atoms with Gasteiger partial charge in [-0.05, 0) is 17.7 Å². The molecule has 0 saturated carbocycles. The van der Waals surface area contributed by atoms with Crippen LogP contribution in [0.25, 0.3) is 11.3 Å². The van der Waals surface area contributed by atoms with Gasteiger partial charge in [0.05, 0.1) is 17.9 Å². The maximum absolute atomic E-state index is 12.4. The van der Waals surface area contributed by atoms with Crippen molar-refractivity contribution in [2.75, 3.05) is 0 Å². The molecule has 0 radical (unpaired) electrons. The average molecular weight is 334 g/mol. The smallest absolute Gasteiger partial charge is 0.451 e. The molecule has 22 heavy (non-hydrogen) atoms. The minimum absolute atomic E-state index is 0.133. The Morgan fingerprint density at radius 2 is 1.91 bits per heavy atom. The number of carboxylic acid groups (broad SMARTS) is 1. The van der Waals surface area contributed by atoms with Gasteiger partial charge in [-0.1, -0.05) is 0 Å². The Morgan fingerprint density at radius 1 is 1.27 bits per heavy atom. The molecule has 0 fully saturated rings. The molecule has 0 saturated heterocycles. The summed E-state index contributed by atoms with van der Waals surface area (Å²) in [5.41, 5.74) is 0.613. The van der Waals surface area contributed by atoms with Crippen LogP contribution in [0, 0.1) is 0 Å². The molecule has 2 aromatic heterocycles. The van der Waals surface area contributed by atoms with E-state index in [2.05, 4.69) is 25.3 Å². The van der Waals surface area contributed by atoms with Gasteiger partial charge in [0.1, 0.15) is 0 Å². The molecule has 0 spiro atoms. The predicted molar refractivity (Wildman–Crippen MR) is 67.9 cm³/mol. The summed E-state index contributed by atoms with van der Waals surface area (Å²) in [5, 5.41) is 10.4. The quantitative estimate of drug-likeness (QED) is 0.836. The van der Waals surface area contributed by atoms with E-state index in [9.17, 15) is 18.0 Å². The van der Waals surface area contributed by atoms with Crippen LogP contribution in [-0.2, 0) is 12.7 Å². The summed E-state index contributed by atoms with van der Waals surface area (Å²) in [5.74, 6) is -1.27. The molecule has 1 amide bonds. The first-order chi connectivity index (χ1) is 10.3. The van der Waals surface area contributed by atoms with Gasteiger partial charge in [-0.25, -0.2) is 24.7 Å². The number of halogens is 4. The van der Waals surface area contributed by atoms with Crippen molar-refractivity contribution in [3.05, 3.63) is 35.3 Å². The maximum atomic E-state index is 12.4. The van der Waals surface area contributed by atoms with Gasteiger partial charge in [0.15, 0.2) is 0 Å². The van der Waals surface area contributed by atoms with Crippen LogP contribution in [0.1, 0.15) is 11.5 Å². The molecule has 7 nitrogen and oxygen atoms in total. The van der Waals surface area contributed by atoms with Gasteiger partial charge in [0.2, 0.25) is 11.1 Å². The molecule has 2 rings (SSSR count). The molecule has 0 aromatic carbocycles. The second-order valence-corrected chi connectivity index (χ2v) is 4.30. The summed E-state index contributed by atoms with van der Waals surface area (Å²) in [6, 6.07) is 1.37. The van der Waals surface area contributed by atoms with E-state index in [-0.39, 0.29) is 28.8 Å². The van der Waals surface area contributed by atoms with Crippen molar-refractivity contribution < 1.29 is 23.1 Å². The highest BCUT2D eigenvalue weighted by Gasteiger charge is 2.34. The molecule has 0 aliphatic carbocycles. The lowest BCUT2D eigenvalue weighted by molar-refractivity contribution is -0.144. The van der Waals surface area contributed by atoms with E-state index in [0.29, 0.717) is 0 Å². The molecule has 116 valence electrons. The fraction of sp³-hybridized carbons (Fsp3) is 0.182. The monoisotopic (exact) mass is 333 g/mol. The number of hydrogen-bond donors (Lipinski definition) is 2. The zero-order chi connectivity index (χ0) is 16.3. The minimum Gasteiger partial charge on any atom is -0.465 e. The summed E-state index contributed by atoms with van der Waals surface area (Å²) in [7, 11) is 0. The lowest BCUT2D eigenvalue weighted by Gasteiger charge is -2.07. The summed E-state index contributed by atoms with van der Waals surface area (Å²) in [6.07, 6.45) is -4.00. The molecule has 0 unspecified atom stereocenters. The van der Waals surface area contributed by atoms with Gasteiger partial charge in [0.25, 0.3) is 0 Å². The van der Waals surface area contributed by atoms with E-state index in [4.69, 9.17) is 16.7 Å². The van der Waals surface area contributed by atoms with Gasteiger partial charge in [-0.3, -0.25) is 0 Å². The number of rotatable bonds is 3. The predicted octanol–water partition coefficient (Wildman–Crippen LogP) is 2.37. The molecule has 0 aliphatic rings. The highest BCUT2D eigenvalue weighted by Crippen LogP contribution is 2.26. The fourth-order valence-corrected chi connectivity index (χ4v) is 1.68. The van der Waals surface area contributed by atoms with Crippen LogP contribution in [0.5, 0.6) is 0 Å². The van der Waals surface area contributed by atoms with Crippen LogP contribution in [-0.4, -0.2) is 31.1 Å². The molecule has 2 aromatic rings. The van der Waals surface area contributed by atoms with Gasteiger partial charge in [-0.15, -0.1) is 0 Å². The van der Waals surface area contributed by atoms with E-state index >= 15 is 0 Å². The Morgan fingerprint density at radius 3 is 2.45 bits per heavy atom. The normalized spacial score (nSPS) is 11.3. The topological polar surface area (TPSA) is 101 Å². The zero-order valence-electron chi connectivity index (χ0n) is 10.6. The Labute approximate surface area is 126 Å². The van der Waals surface area contributed by atoms with Crippen LogP contribution in [0.15, 0.2) is 18.5 Å². The van der Waals surface area contributed by atoms with Gasteiger partial charge >= 0.3 is 12.3 Å². The van der Waals surface area contributed by atoms with Gasteiger partial charge in [0, 0.05) is 18.0 Å². The highest BCUT2D eigenvalue weighted by molar-refractivity contribution is 6.28. The van der Waals surface area contributed by atoms with Crippen molar-refractivity contribution in [2.45, 2.75) is 12.7 Å². The van der Waals surface area contributed by atoms with E-state index in [1.165, 1.54) is 6.07 Å². The second-order valence-electron chi connectivity index (χ2n) is 3.97. The summed E-state index contributed by atoms with van der Waals surface area (Å²) < 4.78 is 37.2. The van der Waals surface area contributed by atoms with Crippen molar-refractivity contribution >= 4 is 17.7 Å². The zero-order valence-corrected chi connectivity index (χ0v) is 11.4.